The lowest BCUT2D eigenvalue weighted by molar-refractivity contribution is 0.612. The van der Waals surface area contributed by atoms with Crippen molar-refractivity contribution in [2.24, 2.45) is 0 Å². The Kier molecular flexibility index (Phi) is 2.45. The highest BCUT2D eigenvalue weighted by Crippen LogP contribution is 2.28. The van der Waals surface area contributed by atoms with Gasteiger partial charge in [0.15, 0.2) is 0 Å². The van der Waals surface area contributed by atoms with E-state index in [1.54, 1.807) is 6.20 Å². The molecule has 4 nitrogen and oxygen atoms in total. The van der Waals surface area contributed by atoms with E-state index in [1.165, 1.54) is 11.1 Å². The van der Waals surface area contributed by atoms with Gasteiger partial charge in [-0.15, -0.1) is 0 Å². The van der Waals surface area contributed by atoms with Gasteiger partial charge in [-0.1, -0.05) is 6.07 Å². The minimum atomic E-state index is 0.292. The zero-order valence-electron chi connectivity index (χ0n) is 10.5. The number of hydrogen-bond acceptors (Lipinski definition) is 4. The number of hydrazine groups is 1. The molecule has 2 heterocycles. The minimum Gasteiger partial charge on any atom is -0.398 e. The first kappa shape index (κ1) is 11.0. The van der Waals surface area contributed by atoms with E-state index >= 15 is 0 Å². The third-order valence-corrected chi connectivity index (χ3v) is 3.40. The molecule has 4 heteroatoms. The van der Waals surface area contributed by atoms with E-state index in [-0.39, 0.29) is 0 Å². The fraction of sp³-hybridized carbons (Fsp3) is 0.214. The maximum Gasteiger partial charge on any atom is 0.0723 e. The number of nitrogens with two attached hydrogens (primary N) is 1. The van der Waals surface area contributed by atoms with E-state index in [9.17, 15) is 0 Å². The summed E-state index contributed by atoms with van der Waals surface area (Å²) in [7, 11) is 0. The number of nitrogens with zero attached hydrogens (tertiary/aromatic N) is 1. The molecule has 1 aliphatic heterocycles. The van der Waals surface area contributed by atoms with Gasteiger partial charge in [-0.3, -0.25) is 4.98 Å². The molecule has 4 N–H and O–H groups in total. The maximum atomic E-state index is 6.01. The Labute approximate surface area is 106 Å². The molecule has 3 rings (SSSR count). The van der Waals surface area contributed by atoms with E-state index in [2.05, 4.69) is 41.8 Å². The number of nitrogen functional groups attached to an aromatic ring is 1. The van der Waals surface area contributed by atoms with Crippen molar-refractivity contribution in [3.05, 3.63) is 41.7 Å². The van der Waals surface area contributed by atoms with Crippen LogP contribution in [0.3, 0.4) is 0 Å². The number of fused-ring (bicyclic) bond motifs is 1. The van der Waals surface area contributed by atoms with Crippen molar-refractivity contribution in [3.8, 4) is 0 Å². The van der Waals surface area contributed by atoms with E-state index in [0.717, 1.165) is 22.3 Å². The highest BCUT2D eigenvalue weighted by atomic mass is 15.4. The fourth-order valence-corrected chi connectivity index (χ4v) is 2.48. The van der Waals surface area contributed by atoms with Crippen molar-refractivity contribution < 1.29 is 0 Å². The Hall–Kier alpha value is -2.07. The number of anilines is 1. The van der Waals surface area contributed by atoms with E-state index < -0.39 is 0 Å². The standard InChI is InChI=1S/C14H16N4/c1-8-14(9(2)18-17-8)10-3-4-13-11(7-10)12(15)5-6-16-13/h3-8,17-18H,1-2H3,(H2,15,16). The average molecular weight is 240 g/mol. The van der Waals surface area contributed by atoms with Crippen LogP contribution in [0.5, 0.6) is 0 Å². The Bertz CT molecular complexity index is 645. The van der Waals surface area contributed by atoms with Crippen LogP contribution in [0.4, 0.5) is 5.69 Å². The highest BCUT2D eigenvalue weighted by Gasteiger charge is 2.20. The van der Waals surface area contributed by atoms with Crippen LogP contribution in [0.15, 0.2) is 36.2 Å². The Balaban J connectivity index is 2.20. The molecular weight excluding hydrogens is 224 g/mol. The summed E-state index contributed by atoms with van der Waals surface area (Å²) in [6.45, 7) is 4.21. The summed E-state index contributed by atoms with van der Waals surface area (Å²) in [4.78, 5) is 4.32. The van der Waals surface area contributed by atoms with Crippen LogP contribution in [0.2, 0.25) is 0 Å². The molecule has 2 aromatic rings. The molecule has 0 radical (unpaired) electrons. The quantitative estimate of drug-likeness (QED) is 0.714. The second-order valence-electron chi connectivity index (χ2n) is 4.66. The first-order valence-electron chi connectivity index (χ1n) is 6.04. The lowest BCUT2D eigenvalue weighted by Crippen LogP contribution is -2.29. The van der Waals surface area contributed by atoms with Gasteiger partial charge in [0.2, 0.25) is 0 Å². The number of nitrogens with one attached hydrogen (secondary N) is 2. The van der Waals surface area contributed by atoms with Crippen LogP contribution >= 0.6 is 0 Å². The van der Waals surface area contributed by atoms with Crippen molar-refractivity contribution in [1.29, 1.82) is 0 Å². The molecule has 0 bridgehead atoms. The smallest absolute Gasteiger partial charge is 0.0723 e. The predicted molar refractivity (Wildman–Crippen MR) is 74.5 cm³/mol. The predicted octanol–water partition coefficient (Wildman–Crippen LogP) is 2.04. The van der Waals surface area contributed by atoms with Crippen molar-refractivity contribution >= 4 is 22.2 Å². The Morgan fingerprint density at radius 1 is 1.28 bits per heavy atom. The molecule has 0 fully saturated rings. The second-order valence-corrected chi connectivity index (χ2v) is 4.66. The molecule has 0 saturated heterocycles. The van der Waals surface area contributed by atoms with Gasteiger partial charge in [0.05, 0.1) is 11.6 Å². The summed E-state index contributed by atoms with van der Waals surface area (Å²) in [6, 6.07) is 8.36. The lowest BCUT2D eigenvalue weighted by Gasteiger charge is -2.10. The first-order valence-corrected chi connectivity index (χ1v) is 6.04. The van der Waals surface area contributed by atoms with Crippen molar-refractivity contribution in [1.82, 2.24) is 15.8 Å². The number of benzene rings is 1. The van der Waals surface area contributed by atoms with Crippen molar-refractivity contribution in [3.63, 3.8) is 0 Å². The normalized spacial score (nSPS) is 19.3. The van der Waals surface area contributed by atoms with Crippen LogP contribution in [-0.2, 0) is 0 Å². The second kappa shape index (κ2) is 3.99. The third kappa shape index (κ3) is 1.62. The van der Waals surface area contributed by atoms with Crippen LogP contribution in [0.1, 0.15) is 19.4 Å². The van der Waals surface area contributed by atoms with Gasteiger partial charge in [-0.05, 0) is 43.2 Å². The van der Waals surface area contributed by atoms with Crippen molar-refractivity contribution in [2.75, 3.05) is 5.73 Å². The van der Waals surface area contributed by atoms with E-state index in [4.69, 9.17) is 5.73 Å². The van der Waals surface area contributed by atoms with Crippen LogP contribution in [0, 0.1) is 0 Å². The molecule has 1 unspecified atom stereocenters. The van der Waals surface area contributed by atoms with Gasteiger partial charge < -0.3 is 11.2 Å². The number of aromatic nitrogens is 1. The molecule has 1 atom stereocenters. The van der Waals surface area contributed by atoms with Crippen LogP contribution in [0.25, 0.3) is 16.5 Å². The number of rotatable bonds is 1. The number of hydrogen-bond donors (Lipinski definition) is 3. The van der Waals surface area contributed by atoms with Crippen LogP contribution < -0.4 is 16.6 Å². The Morgan fingerprint density at radius 3 is 2.83 bits per heavy atom. The SMILES string of the molecule is CC1=C(c2ccc3nccc(N)c3c2)C(C)NN1. The lowest BCUT2D eigenvalue weighted by atomic mass is 9.97. The van der Waals surface area contributed by atoms with Crippen molar-refractivity contribution in [2.45, 2.75) is 19.9 Å². The van der Waals surface area contributed by atoms with Gasteiger partial charge in [0.1, 0.15) is 0 Å². The highest BCUT2D eigenvalue weighted by molar-refractivity contribution is 5.93. The van der Waals surface area contributed by atoms with E-state index in [0.29, 0.717) is 6.04 Å². The molecule has 0 amide bonds. The molecule has 18 heavy (non-hydrogen) atoms. The summed E-state index contributed by atoms with van der Waals surface area (Å²) in [5.41, 5.74) is 17.7. The average Bonchev–Trinajstić information content (AvgIpc) is 2.69. The summed E-state index contributed by atoms with van der Waals surface area (Å²) in [5.74, 6) is 0. The molecule has 1 aromatic heterocycles. The number of allylic oxidation sites excluding steroid dienone is 1. The zero-order chi connectivity index (χ0) is 12.7. The Morgan fingerprint density at radius 2 is 2.11 bits per heavy atom. The molecule has 0 aliphatic carbocycles. The monoisotopic (exact) mass is 240 g/mol. The zero-order valence-corrected chi connectivity index (χ0v) is 10.5. The van der Waals surface area contributed by atoms with Gasteiger partial charge >= 0.3 is 0 Å². The summed E-state index contributed by atoms with van der Waals surface area (Å²) >= 11 is 0. The van der Waals surface area contributed by atoms with E-state index in [1.807, 2.05) is 12.1 Å². The molecule has 1 aromatic carbocycles. The topological polar surface area (TPSA) is 63.0 Å². The maximum absolute atomic E-state index is 6.01. The largest absolute Gasteiger partial charge is 0.398 e. The molecule has 92 valence electrons. The summed E-state index contributed by atoms with van der Waals surface area (Å²) in [5, 5.41) is 1.01. The molecule has 0 spiro atoms. The van der Waals surface area contributed by atoms with Gasteiger partial charge in [-0.2, -0.15) is 0 Å². The van der Waals surface area contributed by atoms with Gasteiger partial charge in [0.25, 0.3) is 0 Å². The summed E-state index contributed by atoms with van der Waals surface area (Å²) in [6.07, 6.45) is 1.74. The van der Waals surface area contributed by atoms with Gasteiger partial charge in [0, 0.05) is 23.0 Å². The summed E-state index contributed by atoms with van der Waals surface area (Å²) < 4.78 is 0. The minimum absolute atomic E-state index is 0.292. The third-order valence-electron chi connectivity index (χ3n) is 3.40. The van der Waals surface area contributed by atoms with Crippen LogP contribution in [-0.4, -0.2) is 11.0 Å². The molecule has 0 saturated carbocycles. The molecular formula is C14H16N4. The fourth-order valence-electron chi connectivity index (χ4n) is 2.48. The first-order chi connectivity index (χ1) is 8.66. The van der Waals surface area contributed by atoms with Gasteiger partial charge in [-0.25, -0.2) is 5.43 Å². The molecule has 1 aliphatic rings. The number of pyridine rings is 1.